The first kappa shape index (κ1) is 12.3. The largest absolute Gasteiger partial charge is 0.480 e. The van der Waals surface area contributed by atoms with Crippen molar-refractivity contribution < 1.29 is 14.7 Å². The molecule has 0 saturated heterocycles. The molecule has 1 unspecified atom stereocenters. The second-order valence-electron chi connectivity index (χ2n) is 4.39. The molecule has 96 valence electrons. The zero-order chi connectivity index (χ0) is 13.1. The van der Waals surface area contributed by atoms with E-state index in [-0.39, 0.29) is 5.92 Å². The fraction of sp³-hybridized carbons (Fsp3) is 0.417. The first-order chi connectivity index (χ1) is 8.58. The van der Waals surface area contributed by atoms with Gasteiger partial charge in [0.1, 0.15) is 6.04 Å². The van der Waals surface area contributed by atoms with Crippen molar-refractivity contribution in [2.45, 2.75) is 25.8 Å². The first-order valence-electron chi connectivity index (χ1n) is 5.80. The number of anilines is 1. The molecule has 0 aliphatic heterocycles. The third kappa shape index (κ3) is 2.97. The van der Waals surface area contributed by atoms with Gasteiger partial charge in [-0.2, -0.15) is 0 Å². The number of carbonyl (C=O) groups is 2. The second-order valence-corrected chi connectivity index (χ2v) is 4.39. The molecule has 6 nitrogen and oxygen atoms in total. The fourth-order valence-electron chi connectivity index (χ4n) is 1.73. The zero-order valence-electron chi connectivity index (χ0n) is 10.0. The van der Waals surface area contributed by atoms with Crippen LogP contribution in [-0.2, 0) is 4.79 Å². The smallest absolute Gasteiger partial charge is 0.326 e. The van der Waals surface area contributed by atoms with E-state index < -0.39 is 18.0 Å². The number of aliphatic carboxylic acids is 1. The summed E-state index contributed by atoms with van der Waals surface area (Å²) in [6.45, 7) is 1.77. The number of nitrogens with one attached hydrogen (secondary N) is 2. The van der Waals surface area contributed by atoms with Crippen LogP contribution >= 0.6 is 0 Å². The monoisotopic (exact) mass is 249 g/mol. The Bertz CT molecular complexity index is 471. The number of carboxylic acid groups (broad SMARTS) is 1. The normalized spacial score (nSPS) is 15.8. The molecular weight excluding hydrogens is 234 g/mol. The number of aryl methyl sites for hydroxylation is 1. The lowest BCUT2D eigenvalue weighted by atomic mass is 10.2. The van der Waals surface area contributed by atoms with Crippen molar-refractivity contribution in [1.29, 1.82) is 0 Å². The van der Waals surface area contributed by atoms with E-state index in [1.807, 2.05) is 0 Å². The molecule has 1 heterocycles. The Hall–Kier alpha value is -2.11. The third-order valence-electron chi connectivity index (χ3n) is 2.90. The van der Waals surface area contributed by atoms with E-state index >= 15 is 0 Å². The van der Waals surface area contributed by atoms with Crippen molar-refractivity contribution in [3.8, 4) is 0 Å². The number of carbonyl (C=O) groups excluding carboxylic acids is 1. The molecule has 6 heteroatoms. The summed E-state index contributed by atoms with van der Waals surface area (Å²) in [4.78, 5) is 26.7. The summed E-state index contributed by atoms with van der Waals surface area (Å²) in [7, 11) is 0. The molecule has 1 atom stereocenters. The Morgan fingerprint density at radius 1 is 1.50 bits per heavy atom. The summed E-state index contributed by atoms with van der Waals surface area (Å²) in [5.41, 5.74) is 1.26. The van der Waals surface area contributed by atoms with Gasteiger partial charge < -0.3 is 15.7 Å². The minimum Gasteiger partial charge on any atom is -0.480 e. The van der Waals surface area contributed by atoms with Crippen molar-refractivity contribution in [1.82, 2.24) is 10.3 Å². The number of rotatable bonds is 4. The average Bonchev–Trinajstić information content (AvgIpc) is 3.13. The maximum absolute atomic E-state index is 11.7. The molecule has 1 saturated carbocycles. The van der Waals surface area contributed by atoms with Gasteiger partial charge in [-0.1, -0.05) is 0 Å². The summed E-state index contributed by atoms with van der Waals surface area (Å²) in [5, 5.41) is 14.1. The van der Waals surface area contributed by atoms with Crippen LogP contribution in [0.4, 0.5) is 10.5 Å². The van der Waals surface area contributed by atoms with Crippen LogP contribution in [0.15, 0.2) is 18.3 Å². The molecular formula is C12H15N3O3. The number of nitrogens with zero attached hydrogens (tertiary/aromatic N) is 1. The quantitative estimate of drug-likeness (QED) is 0.751. The van der Waals surface area contributed by atoms with Gasteiger partial charge in [-0.15, -0.1) is 0 Å². The summed E-state index contributed by atoms with van der Waals surface area (Å²) in [6.07, 6.45) is 3.33. The van der Waals surface area contributed by atoms with E-state index in [0.717, 1.165) is 12.8 Å². The Labute approximate surface area is 104 Å². The Kier molecular flexibility index (Phi) is 3.45. The Morgan fingerprint density at radius 3 is 2.78 bits per heavy atom. The van der Waals surface area contributed by atoms with Crippen molar-refractivity contribution in [3.05, 3.63) is 24.0 Å². The molecule has 0 aromatic carbocycles. The van der Waals surface area contributed by atoms with Crippen LogP contribution in [0.25, 0.3) is 0 Å². The fourth-order valence-corrected chi connectivity index (χ4v) is 1.73. The Balaban J connectivity index is 1.96. The SMILES string of the molecule is Cc1ncccc1NC(=O)NC(C(=O)O)C1CC1. The number of aromatic nitrogens is 1. The highest BCUT2D eigenvalue weighted by Crippen LogP contribution is 2.32. The van der Waals surface area contributed by atoms with Gasteiger partial charge in [0.15, 0.2) is 0 Å². The van der Waals surface area contributed by atoms with Crippen LogP contribution in [0.3, 0.4) is 0 Å². The van der Waals surface area contributed by atoms with Crippen molar-refractivity contribution >= 4 is 17.7 Å². The molecule has 18 heavy (non-hydrogen) atoms. The number of hydrogen-bond donors (Lipinski definition) is 3. The lowest BCUT2D eigenvalue weighted by molar-refractivity contribution is -0.139. The molecule has 0 radical (unpaired) electrons. The standard InChI is InChI=1S/C12H15N3O3/c1-7-9(3-2-6-13-7)14-12(18)15-10(11(16)17)8-4-5-8/h2-3,6,8,10H,4-5H2,1H3,(H,16,17)(H2,14,15,18). The lowest BCUT2D eigenvalue weighted by Crippen LogP contribution is -2.44. The molecule has 1 aromatic rings. The summed E-state index contributed by atoms with van der Waals surface area (Å²) < 4.78 is 0. The molecule has 1 aliphatic rings. The van der Waals surface area contributed by atoms with Crippen LogP contribution in [-0.4, -0.2) is 28.1 Å². The molecule has 3 N–H and O–H groups in total. The maximum Gasteiger partial charge on any atom is 0.326 e. The van der Waals surface area contributed by atoms with Gasteiger partial charge in [-0.05, 0) is 37.8 Å². The number of carboxylic acids is 1. The third-order valence-corrected chi connectivity index (χ3v) is 2.90. The number of pyridine rings is 1. The topological polar surface area (TPSA) is 91.3 Å². The van der Waals surface area contributed by atoms with Crippen molar-refractivity contribution in [2.75, 3.05) is 5.32 Å². The van der Waals surface area contributed by atoms with Gasteiger partial charge >= 0.3 is 12.0 Å². The van der Waals surface area contributed by atoms with Crippen molar-refractivity contribution in [2.24, 2.45) is 5.92 Å². The highest BCUT2D eigenvalue weighted by molar-refractivity contribution is 5.92. The summed E-state index contributed by atoms with van der Waals surface area (Å²) in [5.74, 6) is -0.932. The van der Waals surface area contributed by atoms with Gasteiger partial charge in [0.25, 0.3) is 0 Å². The lowest BCUT2D eigenvalue weighted by Gasteiger charge is -2.14. The Morgan fingerprint density at radius 2 is 2.22 bits per heavy atom. The van der Waals surface area contributed by atoms with E-state index in [1.165, 1.54) is 0 Å². The number of amides is 2. The first-order valence-corrected chi connectivity index (χ1v) is 5.80. The predicted octanol–water partition coefficient (Wildman–Crippen LogP) is 1.37. The van der Waals surface area contributed by atoms with Gasteiger partial charge in [0, 0.05) is 6.20 Å². The average molecular weight is 249 g/mol. The van der Waals surface area contributed by atoms with Crippen LogP contribution in [0.1, 0.15) is 18.5 Å². The molecule has 0 bridgehead atoms. The van der Waals surface area contributed by atoms with Crippen LogP contribution in [0, 0.1) is 12.8 Å². The minimum absolute atomic E-state index is 0.0586. The molecule has 1 aliphatic carbocycles. The summed E-state index contributed by atoms with van der Waals surface area (Å²) >= 11 is 0. The van der Waals surface area contributed by atoms with E-state index in [9.17, 15) is 9.59 Å². The number of hydrogen-bond acceptors (Lipinski definition) is 3. The van der Waals surface area contributed by atoms with Crippen LogP contribution in [0.2, 0.25) is 0 Å². The van der Waals surface area contributed by atoms with Gasteiger partial charge in [-0.3, -0.25) is 4.98 Å². The van der Waals surface area contributed by atoms with Crippen LogP contribution < -0.4 is 10.6 Å². The number of urea groups is 1. The van der Waals surface area contributed by atoms with Crippen molar-refractivity contribution in [3.63, 3.8) is 0 Å². The molecule has 2 rings (SSSR count). The summed E-state index contributed by atoms with van der Waals surface area (Å²) in [6, 6.07) is 2.11. The van der Waals surface area contributed by atoms with E-state index in [0.29, 0.717) is 11.4 Å². The van der Waals surface area contributed by atoms with Gasteiger partial charge in [-0.25, -0.2) is 9.59 Å². The highest BCUT2D eigenvalue weighted by Gasteiger charge is 2.37. The van der Waals surface area contributed by atoms with Gasteiger partial charge in [0.05, 0.1) is 11.4 Å². The van der Waals surface area contributed by atoms with E-state index in [4.69, 9.17) is 5.11 Å². The zero-order valence-corrected chi connectivity index (χ0v) is 10.0. The van der Waals surface area contributed by atoms with E-state index in [2.05, 4.69) is 15.6 Å². The highest BCUT2D eigenvalue weighted by atomic mass is 16.4. The van der Waals surface area contributed by atoms with Gasteiger partial charge in [0.2, 0.25) is 0 Å². The predicted molar refractivity (Wildman–Crippen MR) is 65.3 cm³/mol. The van der Waals surface area contributed by atoms with Crippen LogP contribution in [0.5, 0.6) is 0 Å². The minimum atomic E-state index is -0.990. The maximum atomic E-state index is 11.7. The molecule has 0 spiro atoms. The molecule has 2 amide bonds. The van der Waals surface area contributed by atoms with E-state index in [1.54, 1.807) is 25.3 Å². The molecule has 1 fully saturated rings. The molecule has 1 aromatic heterocycles. The second kappa shape index (κ2) is 5.03.